The third-order valence-electron chi connectivity index (χ3n) is 4.20. The third-order valence-corrected chi connectivity index (χ3v) is 4.20. The number of carbonyl (C=O) groups is 2. The van der Waals surface area contributed by atoms with Crippen molar-refractivity contribution in [2.75, 3.05) is 18.0 Å². The molecule has 120 valence electrons. The second-order valence-electron chi connectivity index (χ2n) is 5.76. The number of aromatic carboxylic acids is 1. The van der Waals surface area contributed by atoms with Gasteiger partial charge in [-0.3, -0.25) is 4.79 Å². The van der Waals surface area contributed by atoms with Crippen LogP contribution in [0.3, 0.4) is 0 Å². The van der Waals surface area contributed by atoms with Crippen molar-refractivity contribution in [3.63, 3.8) is 0 Å². The number of carbonyl (C=O) groups excluding carboxylic acids is 1. The summed E-state index contributed by atoms with van der Waals surface area (Å²) < 4.78 is 5.53. The minimum absolute atomic E-state index is 0.211. The standard InChI is InChI=1S/C18H19NO4/c20-12-14-6-8-17(23-14)15-11-13(18(21)22)5-7-16(15)19-9-3-1-2-4-10-19/h5-8,11-12H,1-4,9-10H2,(H,21,22). The van der Waals surface area contributed by atoms with Crippen LogP contribution in [0, 0.1) is 0 Å². The number of anilines is 1. The third kappa shape index (κ3) is 3.28. The molecular weight excluding hydrogens is 294 g/mol. The van der Waals surface area contributed by atoms with E-state index in [0.717, 1.165) is 37.2 Å². The molecule has 0 radical (unpaired) electrons. The van der Waals surface area contributed by atoms with Crippen LogP contribution in [-0.4, -0.2) is 30.5 Å². The molecular formula is C18H19NO4. The van der Waals surface area contributed by atoms with E-state index in [9.17, 15) is 14.7 Å². The zero-order valence-electron chi connectivity index (χ0n) is 12.8. The topological polar surface area (TPSA) is 70.8 Å². The van der Waals surface area contributed by atoms with E-state index in [4.69, 9.17) is 4.42 Å². The van der Waals surface area contributed by atoms with Gasteiger partial charge in [-0.2, -0.15) is 0 Å². The summed E-state index contributed by atoms with van der Waals surface area (Å²) in [6.45, 7) is 1.89. The van der Waals surface area contributed by atoms with Crippen molar-refractivity contribution in [1.82, 2.24) is 0 Å². The molecule has 1 fully saturated rings. The quantitative estimate of drug-likeness (QED) is 0.868. The van der Waals surface area contributed by atoms with Gasteiger partial charge in [0.05, 0.1) is 5.56 Å². The molecule has 1 aliphatic rings. The van der Waals surface area contributed by atoms with E-state index in [0.29, 0.717) is 12.0 Å². The molecule has 1 aromatic heterocycles. The average Bonchev–Trinajstić information content (AvgIpc) is 2.88. The van der Waals surface area contributed by atoms with E-state index in [1.807, 2.05) is 6.07 Å². The van der Waals surface area contributed by atoms with Gasteiger partial charge in [0.2, 0.25) is 0 Å². The molecule has 0 atom stereocenters. The van der Waals surface area contributed by atoms with Crippen LogP contribution >= 0.6 is 0 Å². The number of aldehydes is 1. The van der Waals surface area contributed by atoms with Crippen LogP contribution < -0.4 is 4.90 Å². The monoisotopic (exact) mass is 313 g/mol. The summed E-state index contributed by atoms with van der Waals surface area (Å²) in [5.41, 5.74) is 1.89. The number of furan rings is 1. The van der Waals surface area contributed by atoms with Gasteiger partial charge in [0, 0.05) is 24.3 Å². The van der Waals surface area contributed by atoms with E-state index in [1.165, 1.54) is 12.8 Å². The molecule has 5 nitrogen and oxygen atoms in total. The fraction of sp³-hybridized carbons (Fsp3) is 0.333. The number of hydrogen-bond acceptors (Lipinski definition) is 4. The lowest BCUT2D eigenvalue weighted by atomic mass is 10.0. The van der Waals surface area contributed by atoms with E-state index < -0.39 is 5.97 Å². The zero-order valence-corrected chi connectivity index (χ0v) is 12.8. The highest BCUT2D eigenvalue weighted by Crippen LogP contribution is 2.34. The predicted molar refractivity (Wildman–Crippen MR) is 87.2 cm³/mol. The highest BCUT2D eigenvalue weighted by Gasteiger charge is 2.18. The number of benzene rings is 1. The Morgan fingerprint density at radius 2 is 1.83 bits per heavy atom. The Morgan fingerprint density at radius 1 is 1.09 bits per heavy atom. The zero-order chi connectivity index (χ0) is 16.2. The van der Waals surface area contributed by atoms with Crippen molar-refractivity contribution < 1.29 is 19.1 Å². The average molecular weight is 313 g/mol. The van der Waals surface area contributed by atoms with Crippen molar-refractivity contribution in [3.05, 3.63) is 41.7 Å². The molecule has 0 unspecified atom stereocenters. The van der Waals surface area contributed by atoms with Crippen molar-refractivity contribution >= 4 is 17.9 Å². The summed E-state index contributed by atoms with van der Waals surface area (Å²) in [7, 11) is 0. The maximum Gasteiger partial charge on any atom is 0.335 e. The van der Waals surface area contributed by atoms with Crippen LogP contribution in [-0.2, 0) is 0 Å². The fourth-order valence-electron chi connectivity index (χ4n) is 3.01. The summed E-state index contributed by atoms with van der Waals surface area (Å²) in [6, 6.07) is 8.40. The molecule has 0 bridgehead atoms. The van der Waals surface area contributed by atoms with Crippen LogP contribution in [0.5, 0.6) is 0 Å². The molecule has 1 aliphatic heterocycles. The van der Waals surface area contributed by atoms with Crippen molar-refractivity contribution in [2.24, 2.45) is 0 Å². The summed E-state index contributed by atoms with van der Waals surface area (Å²) in [5, 5.41) is 9.25. The number of carboxylic acids is 1. The minimum Gasteiger partial charge on any atom is -0.478 e. The smallest absolute Gasteiger partial charge is 0.335 e. The Balaban J connectivity index is 2.06. The second kappa shape index (κ2) is 6.69. The van der Waals surface area contributed by atoms with E-state index in [-0.39, 0.29) is 11.3 Å². The number of rotatable bonds is 4. The molecule has 2 heterocycles. The van der Waals surface area contributed by atoms with E-state index >= 15 is 0 Å². The van der Waals surface area contributed by atoms with Gasteiger partial charge in [0.25, 0.3) is 0 Å². The Morgan fingerprint density at radius 3 is 2.43 bits per heavy atom. The van der Waals surface area contributed by atoms with Crippen molar-refractivity contribution in [2.45, 2.75) is 25.7 Å². The van der Waals surface area contributed by atoms with Gasteiger partial charge in [-0.25, -0.2) is 4.79 Å². The van der Waals surface area contributed by atoms with Gasteiger partial charge in [0.15, 0.2) is 12.0 Å². The van der Waals surface area contributed by atoms with Gasteiger partial charge in [-0.15, -0.1) is 0 Å². The van der Waals surface area contributed by atoms with Gasteiger partial charge in [-0.1, -0.05) is 12.8 Å². The first-order valence-corrected chi connectivity index (χ1v) is 7.87. The van der Waals surface area contributed by atoms with Crippen LogP contribution in [0.4, 0.5) is 5.69 Å². The van der Waals surface area contributed by atoms with Crippen LogP contribution in [0.1, 0.15) is 46.6 Å². The predicted octanol–water partition coefficient (Wildman–Crippen LogP) is 3.84. The lowest BCUT2D eigenvalue weighted by molar-refractivity contribution is 0.0696. The molecule has 3 rings (SSSR count). The summed E-state index contributed by atoms with van der Waals surface area (Å²) in [5.74, 6) is -0.215. The molecule has 2 aromatic rings. The number of carboxylic acid groups (broad SMARTS) is 1. The van der Waals surface area contributed by atoms with E-state index in [2.05, 4.69) is 4.90 Å². The molecule has 0 amide bonds. The summed E-state index contributed by atoms with van der Waals surface area (Å²) >= 11 is 0. The molecule has 0 saturated carbocycles. The van der Waals surface area contributed by atoms with Crippen molar-refractivity contribution in [1.29, 1.82) is 0 Å². The first kappa shape index (κ1) is 15.3. The number of hydrogen-bond donors (Lipinski definition) is 1. The van der Waals surface area contributed by atoms with Crippen LogP contribution in [0.15, 0.2) is 34.7 Å². The molecule has 23 heavy (non-hydrogen) atoms. The lowest BCUT2D eigenvalue weighted by Crippen LogP contribution is -2.24. The number of nitrogens with zero attached hydrogens (tertiary/aromatic N) is 1. The molecule has 0 spiro atoms. The fourth-order valence-corrected chi connectivity index (χ4v) is 3.01. The molecule has 1 saturated heterocycles. The normalized spacial score (nSPS) is 15.2. The molecule has 5 heteroatoms. The summed E-state index contributed by atoms with van der Waals surface area (Å²) in [6.07, 6.45) is 5.33. The van der Waals surface area contributed by atoms with Crippen LogP contribution in [0.25, 0.3) is 11.3 Å². The maximum absolute atomic E-state index is 11.3. The van der Waals surface area contributed by atoms with Gasteiger partial charge in [-0.05, 0) is 43.2 Å². The molecule has 1 aromatic carbocycles. The van der Waals surface area contributed by atoms with Gasteiger partial charge in [0.1, 0.15) is 5.76 Å². The molecule has 0 aliphatic carbocycles. The first-order chi connectivity index (χ1) is 11.2. The second-order valence-corrected chi connectivity index (χ2v) is 5.76. The highest BCUT2D eigenvalue weighted by molar-refractivity contribution is 5.92. The maximum atomic E-state index is 11.3. The minimum atomic E-state index is -0.976. The van der Waals surface area contributed by atoms with Crippen LogP contribution in [0.2, 0.25) is 0 Å². The van der Waals surface area contributed by atoms with Crippen molar-refractivity contribution in [3.8, 4) is 11.3 Å². The Bertz CT molecular complexity index is 712. The Hall–Kier alpha value is -2.56. The first-order valence-electron chi connectivity index (χ1n) is 7.87. The van der Waals surface area contributed by atoms with Gasteiger partial charge >= 0.3 is 5.97 Å². The summed E-state index contributed by atoms with van der Waals surface area (Å²) in [4.78, 5) is 24.4. The lowest BCUT2D eigenvalue weighted by Gasteiger charge is -2.25. The Labute approximate surface area is 134 Å². The van der Waals surface area contributed by atoms with Gasteiger partial charge < -0.3 is 14.4 Å². The Kier molecular flexibility index (Phi) is 4.46. The van der Waals surface area contributed by atoms with E-state index in [1.54, 1.807) is 24.3 Å². The molecule has 1 N–H and O–H groups in total. The highest BCUT2D eigenvalue weighted by atomic mass is 16.4. The largest absolute Gasteiger partial charge is 0.478 e. The SMILES string of the molecule is O=Cc1ccc(-c2cc(C(=O)O)ccc2N2CCCCCC2)o1.